The van der Waals surface area contributed by atoms with Gasteiger partial charge in [0, 0.05) is 17.7 Å². The Morgan fingerprint density at radius 2 is 2.06 bits per heavy atom. The number of nitrogens with zero attached hydrogens (tertiary/aromatic N) is 1. The number of alkyl halides is 1. The second kappa shape index (κ2) is 5.45. The lowest BCUT2D eigenvalue weighted by atomic mass is 10.1. The highest BCUT2D eigenvalue weighted by Gasteiger charge is 2.21. The zero-order chi connectivity index (χ0) is 12.3. The maximum Gasteiger partial charge on any atom is 0.270 e. The van der Waals surface area contributed by atoms with Crippen LogP contribution in [0, 0.1) is 10.1 Å². The van der Waals surface area contributed by atoms with E-state index in [0.29, 0.717) is 0 Å². The molecular weight excluding hydrogens is 257 g/mol. The van der Waals surface area contributed by atoms with Crippen molar-refractivity contribution in [1.29, 1.82) is 0 Å². The molecule has 0 saturated heterocycles. The average molecular weight is 266 g/mol. The van der Waals surface area contributed by atoms with Crippen LogP contribution >= 0.6 is 23.2 Å². The highest BCUT2D eigenvalue weighted by Crippen LogP contribution is 2.29. The summed E-state index contributed by atoms with van der Waals surface area (Å²) >= 11 is 11.1. The van der Waals surface area contributed by atoms with Gasteiger partial charge in [0.15, 0.2) is 0 Å². The van der Waals surface area contributed by atoms with Gasteiger partial charge in [-0.05, 0) is 6.07 Å². The van der Waals surface area contributed by atoms with E-state index in [0.717, 1.165) is 6.07 Å². The van der Waals surface area contributed by atoms with Crippen molar-refractivity contribution in [2.45, 2.75) is 12.2 Å². The van der Waals surface area contributed by atoms with Crippen LogP contribution in [0.1, 0.15) is 11.7 Å². The van der Waals surface area contributed by atoms with Gasteiger partial charge in [-0.25, -0.2) is 0 Å². The van der Waals surface area contributed by atoms with Gasteiger partial charge in [-0.1, -0.05) is 11.6 Å². The van der Waals surface area contributed by atoms with Crippen molar-refractivity contribution < 1.29 is 15.1 Å². The Morgan fingerprint density at radius 1 is 1.44 bits per heavy atom. The Bertz CT molecular complexity index is 399. The summed E-state index contributed by atoms with van der Waals surface area (Å²) < 4.78 is 0. The van der Waals surface area contributed by atoms with Gasteiger partial charge in [0.1, 0.15) is 6.10 Å². The lowest BCUT2D eigenvalue weighted by molar-refractivity contribution is -0.384. The summed E-state index contributed by atoms with van der Waals surface area (Å²) in [7, 11) is 0. The number of benzene rings is 1. The number of halogens is 2. The van der Waals surface area contributed by atoms with Crippen molar-refractivity contribution in [2.75, 3.05) is 5.88 Å². The van der Waals surface area contributed by atoms with E-state index >= 15 is 0 Å². The maximum absolute atomic E-state index is 10.4. The number of nitro groups is 1. The van der Waals surface area contributed by atoms with Crippen LogP contribution in [0.5, 0.6) is 0 Å². The molecule has 0 bridgehead atoms. The minimum Gasteiger partial charge on any atom is -0.389 e. The Labute approximate surface area is 101 Å². The van der Waals surface area contributed by atoms with Gasteiger partial charge < -0.3 is 10.2 Å². The molecule has 0 radical (unpaired) electrons. The summed E-state index contributed by atoms with van der Waals surface area (Å²) in [5, 5.41) is 29.4. The summed E-state index contributed by atoms with van der Waals surface area (Å²) in [4.78, 5) is 9.84. The molecule has 0 aliphatic rings. The average Bonchev–Trinajstić information content (AvgIpc) is 2.26. The smallest absolute Gasteiger partial charge is 0.270 e. The van der Waals surface area contributed by atoms with Gasteiger partial charge >= 0.3 is 0 Å². The fourth-order valence-corrected chi connectivity index (χ4v) is 1.62. The summed E-state index contributed by atoms with van der Waals surface area (Å²) in [6, 6.07) is 3.60. The van der Waals surface area contributed by atoms with Crippen molar-refractivity contribution in [3.8, 4) is 0 Å². The normalized spacial score (nSPS) is 14.5. The van der Waals surface area contributed by atoms with Gasteiger partial charge in [0.05, 0.1) is 21.9 Å². The molecular formula is C9H9Cl2NO4. The van der Waals surface area contributed by atoms with Crippen LogP contribution < -0.4 is 0 Å². The Kier molecular flexibility index (Phi) is 4.49. The van der Waals surface area contributed by atoms with E-state index < -0.39 is 17.1 Å². The number of aliphatic hydroxyl groups excluding tert-OH is 2. The molecule has 1 rings (SSSR count). The Balaban J connectivity index is 3.03. The van der Waals surface area contributed by atoms with Crippen LogP contribution in [0.3, 0.4) is 0 Å². The van der Waals surface area contributed by atoms with E-state index in [-0.39, 0.29) is 22.2 Å². The fourth-order valence-electron chi connectivity index (χ4n) is 1.16. The number of hydrogen-bond acceptors (Lipinski definition) is 4. The van der Waals surface area contributed by atoms with Crippen molar-refractivity contribution in [2.24, 2.45) is 0 Å². The molecule has 1 aromatic rings. The summed E-state index contributed by atoms with van der Waals surface area (Å²) in [5.41, 5.74) is 0.0294. The molecule has 0 heterocycles. The van der Waals surface area contributed by atoms with E-state index in [1.54, 1.807) is 0 Å². The molecule has 5 nitrogen and oxygen atoms in total. The predicted molar refractivity (Wildman–Crippen MR) is 59.8 cm³/mol. The zero-order valence-corrected chi connectivity index (χ0v) is 9.52. The topological polar surface area (TPSA) is 83.6 Å². The SMILES string of the molecule is O=[N+]([O-])c1ccc(C(O)C(O)CCl)c(Cl)c1. The number of hydrogen-bond donors (Lipinski definition) is 2. The fraction of sp³-hybridized carbons (Fsp3) is 0.333. The first-order chi connectivity index (χ1) is 7.47. The second-order valence-corrected chi connectivity index (χ2v) is 3.85. The number of non-ortho nitro benzene ring substituents is 1. The van der Waals surface area contributed by atoms with E-state index in [1.165, 1.54) is 12.1 Å². The van der Waals surface area contributed by atoms with Crippen LogP contribution in [0.15, 0.2) is 18.2 Å². The highest BCUT2D eigenvalue weighted by atomic mass is 35.5. The summed E-state index contributed by atoms with van der Waals surface area (Å²) in [6.45, 7) is 0. The first kappa shape index (κ1) is 13.2. The Hall–Kier alpha value is -0.880. The monoisotopic (exact) mass is 265 g/mol. The molecule has 0 aliphatic heterocycles. The summed E-state index contributed by atoms with van der Waals surface area (Å²) in [6.07, 6.45) is -2.42. The quantitative estimate of drug-likeness (QED) is 0.495. The van der Waals surface area contributed by atoms with Crippen molar-refractivity contribution >= 4 is 28.9 Å². The van der Waals surface area contributed by atoms with Gasteiger partial charge in [-0.15, -0.1) is 11.6 Å². The molecule has 0 fully saturated rings. The standard InChI is InChI=1S/C9H9Cl2NO4/c10-4-8(13)9(14)6-2-1-5(12(15)16)3-7(6)11/h1-3,8-9,13-14H,4H2. The molecule has 0 aromatic heterocycles. The molecule has 0 amide bonds. The van der Waals surface area contributed by atoms with Gasteiger partial charge in [-0.3, -0.25) is 10.1 Å². The van der Waals surface area contributed by atoms with E-state index in [2.05, 4.69) is 0 Å². The van der Waals surface area contributed by atoms with E-state index in [9.17, 15) is 20.3 Å². The maximum atomic E-state index is 10.4. The van der Waals surface area contributed by atoms with E-state index in [1.807, 2.05) is 0 Å². The second-order valence-electron chi connectivity index (χ2n) is 3.13. The molecule has 0 spiro atoms. The molecule has 0 saturated carbocycles. The predicted octanol–water partition coefficient (Wildman–Crippen LogP) is 1.88. The lowest BCUT2D eigenvalue weighted by Crippen LogP contribution is -2.20. The third-order valence-electron chi connectivity index (χ3n) is 2.04. The molecule has 16 heavy (non-hydrogen) atoms. The van der Waals surface area contributed by atoms with Crippen molar-refractivity contribution in [1.82, 2.24) is 0 Å². The van der Waals surface area contributed by atoms with E-state index in [4.69, 9.17) is 23.2 Å². The molecule has 7 heteroatoms. The largest absolute Gasteiger partial charge is 0.389 e. The molecule has 2 atom stereocenters. The minimum atomic E-state index is -1.26. The van der Waals surface area contributed by atoms with Crippen molar-refractivity contribution in [3.05, 3.63) is 38.9 Å². The third kappa shape index (κ3) is 2.82. The highest BCUT2D eigenvalue weighted by molar-refractivity contribution is 6.31. The van der Waals surface area contributed by atoms with Crippen LogP contribution in [-0.4, -0.2) is 27.1 Å². The summed E-state index contributed by atoms with van der Waals surface area (Å²) in [5.74, 6) is -0.158. The van der Waals surface area contributed by atoms with Crippen LogP contribution in [-0.2, 0) is 0 Å². The first-order valence-corrected chi connectivity index (χ1v) is 5.24. The minimum absolute atomic E-state index is 0.0193. The van der Waals surface area contributed by atoms with Crippen LogP contribution in [0.4, 0.5) is 5.69 Å². The lowest BCUT2D eigenvalue weighted by Gasteiger charge is -2.16. The first-order valence-electron chi connectivity index (χ1n) is 4.33. The van der Waals surface area contributed by atoms with Gasteiger partial charge in [-0.2, -0.15) is 0 Å². The van der Waals surface area contributed by atoms with Crippen LogP contribution in [0.25, 0.3) is 0 Å². The molecule has 2 unspecified atom stereocenters. The molecule has 1 aromatic carbocycles. The third-order valence-corrected chi connectivity index (χ3v) is 2.68. The number of aliphatic hydroxyl groups is 2. The van der Waals surface area contributed by atoms with Crippen molar-refractivity contribution in [3.63, 3.8) is 0 Å². The zero-order valence-electron chi connectivity index (χ0n) is 8.01. The van der Waals surface area contributed by atoms with Gasteiger partial charge in [0.2, 0.25) is 0 Å². The number of rotatable bonds is 4. The number of nitro benzene ring substituents is 1. The molecule has 2 N–H and O–H groups in total. The Morgan fingerprint density at radius 3 is 2.50 bits per heavy atom. The molecule has 0 aliphatic carbocycles. The van der Waals surface area contributed by atoms with Crippen LogP contribution in [0.2, 0.25) is 5.02 Å². The van der Waals surface area contributed by atoms with Gasteiger partial charge in [0.25, 0.3) is 5.69 Å². The molecule has 88 valence electrons.